The van der Waals surface area contributed by atoms with Gasteiger partial charge in [-0.1, -0.05) is 12.1 Å². The van der Waals surface area contributed by atoms with Crippen LogP contribution in [0.4, 0.5) is 5.69 Å². The van der Waals surface area contributed by atoms with Gasteiger partial charge in [-0.05, 0) is 56.6 Å². The van der Waals surface area contributed by atoms with Crippen molar-refractivity contribution in [3.63, 3.8) is 0 Å². The number of carbonyl (C=O) groups excluding carboxylic acids is 1. The molecule has 2 fully saturated rings. The largest absolute Gasteiger partial charge is 0.492 e. The van der Waals surface area contributed by atoms with Crippen LogP contribution in [-0.2, 0) is 4.79 Å². The van der Waals surface area contributed by atoms with Gasteiger partial charge < -0.3 is 15.4 Å². The normalized spacial score (nSPS) is 17.6. The van der Waals surface area contributed by atoms with Crippen LogP contribution in [0.2, 0.25) is 0 Å². The first kappa shape index (κ1) is 14.2. The Morgan fingerprint density at radius 2 is 1.90 bits per heavy atom. The van der Waals surface area contributed by atoms with Crippen molar-refractivity contribution in [2.45, 2.75) is 38.6 Å². The number of amides is 1. The second-order valence-corrected chi connectivity index (χ2v) is 6.05. The molecular weight excluding hydrogens is 264 g/mol. The van der Waals surface area contributed by atoms with E-state index in [1.807, 2.05) is 31.2 Å². The van der Waals surface area contributed by atoms with Crippen molar-refractivity contribution in [1.82, 2.24) is 5.32 Å². The van der Waals surface area contributed by atoms with Gasteiger partial charge in [0.15, 0.2) is 0 Å². The lowest BCUT2D eigenvalue weighted by molar-refractivity contribution is -0.120. The lowest BCUT2D eigenvalue weighted by Gasteiger charge is -2.18. The zero-order valence-corrected chi connectivity index (χ0v) is 12.6. The van der Waals surface area contributed by atoms with Crippen LogP contribution in [-0.4, -0.2) is 25.1 Å². The van der Waals surface area contributed by atoms with Crippen molar-refractivity contribution in [3.8, 4) is 5.75 Å². The molecule has 0 heterocycles. The highest BCUT2D eigenvalue weighted by Crippen LogP contribution is 2.44. The van der Waals surface area contributed by atoms with Crippen LogP contribution in [0.3, 0.4) is 0 Å². The molecule has 2 saturated carbocycles. The summed E-state index contributed by atoms with van der Waals surface area (Å²) in [5.74, 6) is 2.35. The molecule has 4 heteroatoms. The van der Waals surface area contributed by atoms with Crippen molar-refractivity contribution < 1.29 is 9.53 Å². The van der Waals surface area contributed by atoms with Crippen LogP contribution in [0.15, 0.2) is 24.3 Å². The molecule has 1 aromatic carbocycles. The second kappa shape index (κ2) is 6.37. The molecule has 1 aromatic rings. The molecular formula is C17H24N2O2. The standard InChI is InChI=1S/C17H24N2O2/c1-2-21-15-6-4-3-5-14(15)18-11-16(20)19-17(12-7-8-12)13-9-10-13/h3-6,12-13,17-18H,2,7-11H2,1H3,(H,19,20). The molecule has 0 atom stereocenters. The fourth-order valence-electron chi connectivity index (χ4n) is 2.84. The third-order valence-corrected chi connectivity index (χ3v) is 4.21. The zero-order chi connectivity index (χ0) is 14.7. The van der Waals surface area contributed by atoms with Gasteiger partial charge in [-0.3, -0.25) is 4.79 Å². The van der Waals surface area contributed by atoms with Crippen molar-refractivity contribution in [2.75, 3.05) is 18.5 Å². The average molecular weight is 288 g/mol. The van der Waals surface area contributed by atoms with E-state index in [4.69, 9.17) is 4.74 Å². The molecule has 0 radical (unpaired) electrons. The molecule has 3 rings (SSSR count). The molecule has 0 aromatic heterocycles. The number of rotatable bonds is 8. The molecule has 0 saturated heterocycles. The minimum Gasteiger partial charge on any atom is -0.492 e. The topological polar surface area (TPSA) is 50.4 Å². The van der Waals surface area contributed by atoms with Crippen LogP contribution < -0.4 is 15.4 Å². The van der Waals surface area contributed by atoms with E-state index in [-0.39, 0.29) is 5.91 Å². The quantitative estimate of drug-likeness (QED) is 0.773. The highest BCUT2D eigenvalue weighted by atomic mass is 16.5. The summed E-state index contributed by atoms with van der Waals surface area (Å²) >= 11 is 0. The summed E-state index contributed by atoms with van der Waals surface area (Å²) < 4.78 is 5.55. The van der Waals surface area contributed by atoms with E-state index in [2.05, 4.69) is 10.6 Å². The van der Waals surface area contributed by atoms with Gasteiger partial charge >= 0.3 is 0 Å². The molecule has 0 unspecified atom stereocenters. The zero-order valence-electron chi connectivity index (χ0n) is 12.6. The fourth-order valence-corrected chi connectivity index (χ4v) is 2.84. The minimum atomic E-state index is 0.0881. The van der Waals surface area contributed by atoms with Crippen LogP contribution in [0.25, 0.3) is 0 Å². The average Bonchev–Trinajstić information content (AvgIpc) is 3.38. The predicted octanol–water partition coefficient (Wildman–Crippen LogP) is 2.80. The molecule has 2 aliphatic carbocycles. The number of benzene rings is 1. The van der Waals surface area contributed by atoms with Gasteiger partial charge in [-0.25, -0.2) is 0 Å². The summed E-state index contributed by atoms with van der Waals surface area (Å²) in [7, 11) is 0. The third kappa shape index (κ3) is 3.90. The maximum atomic E-state index is 12.1. The third-order valence-electron chi connectivity index (χ3n) is 4.21. The smallest absolute Gasteiger partial charge is 0.239 e. The molecule has 21 heavy (non-hydrogen) atoms. The Labute approximate surface area is 126 Å². The van der Waals surface area contributed by atoms with E-state index in [1.165, 1.54) is 25.7 Å². The number of nitrogens with one attached hydrogen (secondary N) is 2. The first-order chi connectivity index (χ1) is 10.3. The van der Waals surface area contributed by atoms with Gasteiger partial charge in [0.1, 0.15) is 5.75 Å². The Kier molecular flexibility index (Phi) is 4.32. The molecule has 0 bridgehead atoms. The first-order valence-electron chi connectivity index (χ1n) is 8.03. The van der Waals surface area contributed by atoms with Crippen molar-refractivity contribution in [3.05, 3.63) is 24.3 Å². The predicted molar refractivity (Wildman–Crippen MR) is 83.5 cm³/mol. The molecule has 114 valence electrons. The lowest BCUT2D eigenvalue weighted by Crippen LogP contribution is -2.41. The van der Waals surface area contributed by atoms with E-state index in [1.54, 1.807) is 0 Å². The van der Waals surface area contributed by atoms with Crippen molar-refractivity contribution >= 4 is 11.6 Å². The summed E-state index contributed by atoms with van der Waals surface area (Å²) in [4.78, 5) is 12.1. The number of hydrogen-bond donors (Lipinski definition) is 2. The maximum Gasteiger partial charge on any atom is 0.239 e. The summed E-state index contributed by atoms with van der Waals surface area (Å²) in [6.45, 7) is 2.88. The number of hydrogen-bond acceptors (Lipinski definition) is 3. The maximum absolute atomic E-state index is 12.1. The number of para-hydroxylation sites is 2. The van der Waals surface area contributed by atoms with E-state index in [9.17, 15) is 4.79 Å². The minimum absolute atomic E-state index is 0.0881. The van der Waals surface area contributed by atoms with E-state index >= 15 is 0 Å². The van der Waals surface area contributed by atoms with Crippen LogP contribution in [0.1, 0.15) is 32.6 Å². The number of carbonyl (C=O) groups is 1. The number of ether oxygens (including phenoxy) is 1. The van der Waals surface area contributed by atoms with Gasteiger partial charge in [0.25, 0.3) is 0 Å². The van der Waals surface area contributed by atoms with Gasteiger partial charge in [-0.2, -0.15) is 0 Å². The monoisotopic (exact) mass is 288 g/mol. The van der Waals surface area contributed by atoms with Crippen molar-refractivity contribution in [1.29, 1.82) is 0 Å². The molecule has 1 amide bonds. The number of anilines is 1. The highest BCUT2D eigenvalue weighted by molar-refractivity contribution is 5.81. The van der Waals surface area contributed by atoms with Gasteiger partial charge in [0.05, 0.1) is 18.8 Å². The van der Waals surface area contributed by atoms with Gasteiger partial charge in [0, 0.05) is 6.04 Å². The van der Waals surface area contributed by atoms with Crippen LogP contribution in [0.5, 0.6) is 5.75 Å². The highest BCUT2D eigenvalue weighted by Gasteiger charge is 2.42. The molecule has 2 aliphatic rings. The molecule has 4 nitrogen and oxygen atoms in total. The Hall–Kier alpha value is -1.71. The van der Waals surface area contributed by atoms with Crippen LogP contribution >= 0.6 is 0 Å². The molecule has 0 spiro atoms. The molecule has 2 N–H and O–H groups in total. The Morgan fingerprint density at radius 3 is 2.52 bits per heavy atom. The summed E-state index contributed by atoms with van der Waals surface area (Å²) in [5.41, 5.74) is 0.879. The summed E-state index contributed by atoms with van der Waals surface area (Å²) in [5, 5.41) is 6.41. The SMILES string of the molecule is CCOc1ccccc1NCC(=O)NC(C1CC1)C1CC1. The second-order valence-electron chi connectivity index (χ2n) is 6.05. The molecule has 0 aliphatic heterocycles. The van der Waals surface area contributed by atoms with Crippen LogP contribution in [0, 0.1) is 11.8 Å². The fraction of sp³-hybridized carbons (Fsp3) is 0.588. The first-order valence-corrected chi connectivity index (χ1v) is 8.03. The Bertz CT molecular complexity index is 483. The lowest BCUT2D eigenvalue weighted by atomic mass is 10.1. The Balaban J connectivity index is 1.51. The van der Waals surface area contributed by atoms with E-state index < -0.39 is 0 Å². The van der Waals surface area contributed by atoms with E-state index in [0.717, 1.165) is 23.3 Å². The summed E-state index contributed by atoms with van der Waals surface area (Å²) in [6, 6.07) is 8.16. The summed E-state index contributed by atoms with van der Waals surface area (Å²) in [6.07, 6.45) is 5.12. The van der Waals surface area contributed by atoms with Gasteiger partial charge in [-0.15, -0.1) is 0 Å². The van der Waals surface area contributed by atoms with Crippen molar-refractivity contribution in [2.24, 2.45) is 11.8 Å². The Morgan fingerprint density at radius 1 is 1.24 bits per heavy atom. The van der Waals surface area contributed by atoms with Gasteiger partial charge in [0.2, 0.25) is 5.91 Å². The van der Waals surface area contributed by atoms with E-state index in [0.29, 0.717) is 19.2 Å².